The van der Waals surface area contributed by atoms with E-state index in [0.717, 1.165) is 45.0 Å². The molecule has 0 bridgehead atoms. The van der Waals surface area contributed by atoms with Gasteiger partial charge in [-0.15, -0.1) is 0 Å². The highest BCUT2D eigenvalue weighted by Crippen LogP contribution is 2.34. The molecule has 4 aromatic carbocycles. The van der Waals surface area contributed by atoms with Crippen molar-refractivity contribution >= 4 is 40.5 Å². The summed E-state index contributed by atoms with van der Waals surface area (Å²) in [5.74, 6) is 1.45. The van der Waals surface area contributed by atoms with Gasteiger partial charge in [0.25, 0.3) is 5.91 Å². The van der Waals surface area contributed by atoms with E-state index in [4.69, 9.17) is 37.7 Å². The van der Waals surface area contributed by atoms with Crippen LogP contribution in [0.5, 0.6) is 11.5 Å². The van der Waals surface area contributed by atoms with E-state index in [-0.39, 0.29) is 5.91 Å². The summed E-state index contributed by atoms with van der Waals surface area (Å²) < 4.78 is 10.8. The number of ether oxygens (including phenoxy) is 2. The quantitative estimate of drug-likeness (QED) is 0.239. The number of amides is 1. The van der Waals surface area contributed by atoms with Crippen LogP contribution in [-0.2, 0) is 17.8 Å². The van der Waals surface area contributed by atoms with Crippen LogP contribution in [-0.4, -0.2) is 31.9 Å². The molecule has 1 heterocycles. The monoisotopic (exact) mass is 558 g/mol. The molecule has 0 aliphatic carbocycles. The summed E-state index contributed by atoms with van der Waals surface area (Å²) in [6.45, 7) is 2.36. The highest BCUT2D eigenvalue weighted by atomic mass is 35.5. The highest BCUT2D eigenvalue weighted by Gasteiger charge is 2.32. The summed E-state index contributed by atoms with van der Waals surface area (Å²) in [7, 11) is 3.28. The van der Waals surface area contributed by atoms with Gasteiger partial charge in [-0.1, -0.05) is 47.5 Å². The first-order chi connectivity index (χ1) is 18.9. The van der Waals surface area contributed by atoms with Crippen LogP contribution in [0.2, 0.25) is 10.0 Å². The van der Waals surface area contributed by atoms with Gasteiger partial charge in [-0.2, -0.15) is 0 Å². The summed E-state index contributed by atoms with van der Waals surface area (Å²) >= 11 is 12.6. The van der Waals surface area contributed by atoms with Crippen molar-refractivity contribution in [1.82, 2.24) is 0 Å². The standard InChI is InChI=1S/C32H28Cl2N2O3/c1-20-16-23(8-15-30(20)39-3)31-27-18-25(34)11-14-29(27)36(19-22-6-12-26(38-2)13-7-22)32(37)28(35-31)17-21-4-9-24(33)10-5-21/h4-16,18,28H,17,19H2,1-3H3. The summed E-state index contributed by atoms with van der Waals surface area (Å²) in [6, 6.07) is 26.1. The van der Waals surface area contributed by atoms with E-state index in [9.17, 15) is 4.79 Å². The lowest BCUT2D eigenvalue weighted by Gasteiger charge is -2.26. The third kappa shape index (κ3) is 5.80. The van der Waals surface area contributed by atoms with Gasteiger partial charge >= 0.3 is 0 Å². The van der Waals surface area contributed by atoms with Crippen molar-refractivity contribution in [2.75, 3.05) is 19.1 Å². The number of fused-ring (bicyclic) bond motifs is 1. The zero-order chi connectivity index (χ0) is 27.5. The number of methoxy groups -OCH3 is 2. The maximum absolute atomic E-state index is 14.3. The molecular weight excluding hydrogens is 531 g/mol. The zero-order valence-corrected chi connectivity index (χ0v) is 23.5. The molecule has 0 N–H and O–H groups in total. The van der Waals surface area contributed by atoms with Crippen molar-refractivity contribution < 1.29 is 14.3 Å². The van der Waals surface area contributed by atoms with Crippen LogP contribution >= 0.6 is 23.2 Å². The number of aliphatic imine (C=N–C) groups is 1. The number of aryl methyl sites for hydroxylation is 1. The third-order valence-corrected chi connectivity index (χ3v) is 7.34. The van der Waals surface area contributed by atoms with Crippen LogP contribution in [0.1, 0.15) is 27.8 Å². The number of hydrogen-bond acceptors (Lipinski definition) is 4. The molecule has 0 saturated carbocycles. The van der Waals surface area contributed by atoms with Gasteiger partial charge in [0.2, 0.25) is 0 Å². The molecule has 39 heavy (non-hydrogen) atoms. The Kier molecular flexibility index (Phi) is 7.92. The number of anilines is 1. The van der Waals surface area contributed by atoms with E-state index >= 15 is 0 Å². The van der Waals surface area contributed by atoms with Crippen LogP contribution in [0.15, 0.2) is 89.9 Å². The van der Waals surface area contributed by atoms with Crippen LogP contribution in [0.25, 0.3) is 0 Å². The molecule has 1 aliphatic heterocycles. The van der Waals surface area contributed by atoms with E-state index in [0.29, 0.717) is 28.7 Å². The Labute approximate surface area is 238 Å². The minimum absolute atomic E-state index is 0.0930. The second kappa shape index (κ2) is 11.5. The molecular formula is C32H28Cl2N2O3. The molecule has 198 valence electrons. The fourth-order valence-electron chi connectivity index (χ4n) is 4.82. The molecule has 0 fully saturated rings. The second-order valence-corrected chi connectivity index (χ2v) is 10.3. The number of halogens is 2. The molecule has 4 aromatic rings. The minimum atomic E-state index is -0.659. The molecule has 0 spiro atoms. The first kappa shape index (κ1) is 26.8. The van der Waals surface area contributed by atoms with Gasteiger partial charge in [-0.05, 0) is 84.3 Å². The van der Waals surface area contributed by atoms with Gasteiger partial charge in [-0.3, -0.25) is 9.79 Å². The Morgan fingerprint density at radius 1 is 0.821 bits per heavy atom. The molecule has 5 rings (SSSR count). The number of rotatable bonds is 7. The predicted molar refractivity (Wildman–Crippen MR) is 158 cm³/mol. The molecule has 1 amide bonds. The molecule has 0 saturated heterocycles. The van der Waals surface area contributed by atoms with Gasteiger partial charge < -0.3 is 14.4 Å². The van der Waals surface area contributed by atoms with Crippen LogP contribution in [0.4, 0.5) is 5.69 Å². The molecule has 1 unspecified atom stereocenters. The van der Waals surface area contributed by atoms with Crippen molar-refractivity contribution in [1.29, 1.82) is 0 Å². The number of hydrogen-bond donors (Lipinski definition) is 0. The lowest BCUT2D eigenvalue weighted by atomic mass is 9.98. The van der Waals surface area contributed by atoms with Crippen molar-refractivity contribution in [2.45, 2.75) is 25.9 Å². The Morgan fingerprint density at radius 2 is 1.51 bits per heavy atom. The fourth-order valence-corrected chi connectivity index (χ4v) is 5.12. The summed E-state index contributed by atoms with van der Waals surface area (Å²) in [5.41, 5.74) is 6.07. The van der Waals surface area contributed by atoms with Crippen molar-refractivity contribution in [2.24, 2.45) is 4.99 Å². The van der Waals surface area contributed by atoms with Crippen molar-refractivity contribution in [3.8, 4) is 11.5 Å². The van der Waals surface area contributed by atoms with Crippen LogP contribution < -0.4 is 14.4 Å². The Bertz CT molecular complexity index is 1530. The number of carbonyl (C=O) groups excluding carboxylic acids is 1. The average molecular weight is 559 g/mol. The van der Waals surface area contributed by atoms with E-state index in [1.54, 1.807) is 19.1 Å². The molecule has 5 nitrogen and oxygen atoms in total. The number of nitrogens with zero attached hydrogens (tertiary/aromatic N) is 2. The van der Waals surface area contributed by atoms with Gasteiger partial charge in [0, 0.05) is 27.6 Å². The number of carbonyl (C=O) groups is 1. The largest absolute Gasteiger partial charge is 0.497 e. The van der Waals surface area contributed by atoms with E-state index in [2.05, 4.69) is 0 Å². The molecule has 0 radical (unpaired) electrons. The molecule has 7 heteroatoms. The predicted octanol–water partition coefficient (Wildman–Crippen LogP) is 7.31. The fraction of sp³-hybridized carbons (Fsp3) is 0.188. The molecule has 1 atom stereocenters. The minimum Gasteiger partial charge on any atom is -0.497 e. The van der Waals surface area contributed by atoms with Gasteiger partial charge in [0.05, 0.1) is 32.2 Å². The lowest BCUT2D eigenvalue weighted by Crippen LogP contribution is -2.38. The topological polar surface area (TPSA) is 51.1 Å². The molecule has 0 aromatic heterocycles. The summed E-state index contributed by atoms with van der Waals surface area (Å²) in [4.78, 5) is 21.2. The third-order valence-electron chi connectivity index (χ3n) is 6.85. The van der Waals surface area contributed by atoms with Crippen LogP contribution in [0, 0.1) is 6.92 Å². The number of benzodiazepines with no additional fused rings is 1. The van der Waals surface area contributed by atoms with E-state index in [1.807, 2.05) is 91.9 Å². The van der Waals surface area contributed by atoms with Crippen molar-refractivity contribution in [3.05, 3.63) is 123 Å². The Hall–Kier alpha value is -3.80. The number of benzene rings is 4. The maximum Gasteiger partial charge on any atom is 0.252 e. The highest BCUT2D eigenvalue weighted by molar-refractivity contribution is 6.32. The zero-order valence-electron chi connectivity index (χ0n) is 21.9. The summed E-state index contributed by atoms with van der Waals surface area (Å²) in [6.07, 6.45) is 0.426. The van der Waals surface area contributed by atoms with Gasteiger partial charge in [-0.25, -0.2) is 0 Å². The summed E-state index contributed by atoms with van der Waals surface area (Å²) in [5, 5.41) is 1.21. The van der Waals surface area contributed by atoms with E-state index < -0.39 is 6.04 Å². The van der Waals surface area contributed by atoms with Gasteiger partial charge in [0.1, 0.15) is 17.5 Å². The second-order valence-electron chi connectivity index (χ2n) is 9.44. The van der Waals surface area contributed by atoms with Crippen LogP contribution in [0.3, 0.4) is 0 Å². The van der Waals surface area contributed by atoms with E-state index in [1.165, 1.54) is 0 Å². The van der Waals surface area contributed by atoms with Gasteiger partial charge in [0.15, 0.2) is 0 Å². The smallest absolute Gasteiger partial charge is 0.252 e. The normalized spacial score (nSPS) is 14.9. The first-order valence-electron chi connectivity index (χ1n) is 12.6. The maximum atomic E-state index is 14.3. The lowest BCUT2D eigenvalue weighted by molar-refractivity contribution is -0.119. The first-order valence-corrected chi connectivity index (χ1v) is 13.3. The van der Waals surface area contributed by atoms with Crippen molar-refractivity contribution in [3.63, 3.8) is 0 Å². The Morgan fingerprint density at radius 3 is 2.18 bits per heavy atom. The molecule has 1 aliphatic rings. The SMILES string of the molecule is COc1ccc(CN2C(=O)C(Cc3ccc(Cl)cc3)N=C(c3ccc(OC)c(C)c3)c3cc(Cl)ccc32)cc1. The average Bonchev–Trinajstić information content (AvgIpc) is 3.05. The Balaban J connectivity index is 1.66.